The van der Waals surface area contributed by atoms with Crippen LogP contribution in [0.25, 0.3) is 0 Å². The molecule has 1 unspecified atom stereocenters. The largest absolute Gasteiger partial charge is 0.388 e. The van der Waals surface area contributed by atoms with Gasteiger partial charge in [-0.2, -0.15) is 0 Å². The summed E-state index contributed by atoms with van der Waals surface area (Å²) in [6.45, 7) is 0. The Morgan fingerprint density at radius 2 is 1.76 bits per heavy atom. The predicted octanol–water partition coefficient (Wildman–Crippen LogP) is 3.76. The second-order valence-electron chi connectivity index (χ2n) is 3.83. The smallest absolute Gasteiger partial charge is 0.127 e. The van der Waals surface area contributed by atoms with Crippen molar-refractivity contribution in [3.63, 3.8) is 0 Å². The highest BCUT2D eigenvalue weighted by atomic mass is 35.5. The number of benzene rings is 2. The fourth-order valence-electron chi connectivity index (χ4n) is 1.71. The van der Waals surface area contributed by atoms with Gasteiger partial charge >= 0.3 is 0 Å². The lowest BCUT2D eigenvalue weighted by molar-refractivity contribution is 0.177. The molecule has 0 saturated carbocycles. The number of halogens is 2. The van der Waals surface area contributed by atoms with Crippen molar-refractivity contribution in [2.45, 2.75) is 12.5 Å². The summed E-state index contributed by atoms with van der Waals surface area (Å²) in [6.07, 6.45) is -0.569. The van der Waals surface area contributed by atoms with Crippen LogP contribution in [0, 0.1) is 5.82 Å². The van der Waals surface area contributed by atoms with Crippen molar-refractivity contribution in [2.24, 2.45) is 0 Å². The highest BCUT2D eigenvalue weighted by Crippen LogP contribution is 2.25. The molecule has 3 heteroatoms. The maximum absolute atomic E-state index is 13.5. The van der Waals surface area contributed by atoms with Gasteiger partial charge in [0.25, 0.3) is 0 Å². The molecule has 0 fully saturated rings. The molecule has 2 rings (SSSR count). The zero-order valence-corrected chi connectivity index (χ0v) is 9.86. The quantitative estimate of drug-likeness (QED) is 0.880. The minimum Gasteiger partial charge on any atom is -0.388 e. The second-order valence-corrected chi connectivity index (χ2v) is 4.24. The van der Waals surface area contributed by atoms with Gasteiger partial charge in [-0.25, -0.2) is 4.39 Å². The van der Waals surface area contributed by atoms with E-state index in [0.717, 1.165) is 5.56 Å². The average molecular weight is 251 g/mol. The molecule has 0 aliphatic carbocycles. The summed E-state index contributed by atoms with van der Waals surface area (Å²) in [4.78, 5) is 0. The molecule has 0 bridgehead atoms. The standard InChI is InChI=1S/C14H12ClFO/c15-12-7-4-8-13(16)11(12)9-14(17)10-5-2-1-3-6-10/h1-8,14,17H,9H2. The van der Waals surface area contributed by atoms with Crippen molar-refractivity contribution in [1.29, 1.82) is 0 Å². The van der Waals surface area contributed by atoms with Crippen LogP contribution < -0.4 is 0 Å². The van der Waals surface area contributed by atoms with Gasteiger partial charge < -0.3 is 5.11 Å². The first-order valence-corrected chi connectivity index (χ1v) is 5.72. The molecule has 17 heavy (non-hydrogen) atoms. The highest BCUT2D eigenvalue weighted by Gasteiger charge is 2.13. The van der Waals surface area contributed by atoms with Crippen LogP contribution in [0.5, 0.6) is 0 Å². The summed E-state index contributed by atoms with van der Waals surface area (Å²) in [6, 6.07) is 13.7. The van der Waals surface area contributed by atoms with Gasteiger partial charge in [0.05, 0.1) is 6.10 Å². The van der Waals surface area contributed by atoms with Crippen LogP contribution in [0.1, 0.15) is 17.2 Å². The van der Waals surface area contributed by atoms with Crippen LogP contribution in [0.3, 0.4) is 0 Å². The molecule has 2 aromatic carbocycles. The Morgan fingerprint density at radius 1 is 1.06 bits per heavy atom. The summed E-state index contributed by atoms with van der Waals surface area (Å²) in [7, 11) is 0. The minimum absolute atomic E-state index is 0.176. The van der Waals surface area contributed by atoms with Crippen molar-refractivity contribution in [1.82, 2.24) is 0 Å². The summed E-state index contributed by atoms with van der Waals surface area (Å²) in [5.74, 6) is -0.382. The van der Waals surface area contributed by atoms with Crippen LogP contribution >= 0.6 is 11.6 Å². The maximum Gasteiger partial charge on any atom is 0.127 e. The van der Waals surface area contributed by atoms with Crippen molar-refractivity contribution in [2.75, 3.05) is 0 Å². The third-order valence-electron chi connectivity index (χ3n) is 2.64. The van der Waals surface area contributed by atoms with Crippen molar-refractivity contribution >= 4 is 11.6 Å². The number of aliphatic hydroxyl groups excluding tert-OH is 1. The maximum atomic E-state index is 13.5. The molecule has 0 amide bonds. The van der Waals surface area contributed by atoms with E-state index in [1.807, 2.05) is 18.2 Å². The zero-order valence-electron chi connectivity index (χ0n) is 9.11. The SMILES string of the molecule is OC(Cc1c(F)cccc1Cl)c1ccccc1. The fraction of sp³-hybridized carbons (Fsp3) is 0.143. The van der Waals surface area contributed by atoms with Crippen LogP contribution in [-0.2, 0) is 6.42 Å². The van der Waals surface area contributed by atoms with Gasteiger partial charge in [0, 0.05) is 17.0 Å². The van der Waals surface area contributed by atoms with E-state index in [2.05, 4.69) is 0 Å². The van der Waals surface area contributed by atoms with Crippen molar-refractivity contribution < 1.29 is 9.50 Å². The van der Waals surface area contributed by atoms with E-state index in [0.29, 0.717) is 10.6 Å². The van der Waals surface area contributed by atoms with E-state index in [1.165, 1.54) is 6.07 Å². The molecule has 0 aliphatic rings. The first kappa shape index (κ1) is 12.1. The number of aliphatic hydroxyl groups is 1. The van der Waals surface area contributed by atoms with Gasteiger partial charge in [-0.05, 0) is 17.7 Å². The lowest BCUT2D eigenvalue weighted by Gasteiger charge is -2.12. The normalized spacial score (nSPS) is 12.4. The average Bonchev–Trinajstić information content (AvgIpc) is 2.35. The van der Waals surface area contributed by atoms with Crippen molar-refractivity contribution in [3.05, 3.63) is 70.5 Å². The number of hydrogen-bond donors (Lipinski definition) is 1. The fourth-order valence-corrected chi connectivity index (χ4v) is 1.95. The van der Waals surface area contributed by atoms with E-state index in [4.69, 9.17) is 11.6 Å². The molecule has 0 heterocycles. The van der Waals surface area contributed by atoms with Crippen LogP contribution in [-0.4, -0.2) is 5.11 Å². The molecule has 1 N–H and O–H groups in total. The third-order valence-corrected chi connectivity index (χ3v) is 3.00. The monoisotopic (exact) mass is 250 g/mol. The minimum atomic E-state index is -0.745. The summed E-state index contributed by atoms with van der Waals surface area (Å²) in [5.41, 5.74) is 1.11. The summed E-state index contributed by atoms with van der Waals surface area (Å²) >= 11 is 5.91. The highest BCUT2D eigenvalue weighted by molar-refractivity contribution is 6.31. The zero-order chi connectivity index (χ0) is 12.3. The van der Waals surface area contributed by atoms with E-state index in [-0.39, 0.29) is 12.2 Å². The Hall–Kier alpha value is -1.38. The second kappa shape index (κ2) is 5.30. The molecule has 1 nitrogen and oxygen atoms in total. The Balaban J connectivity index is 2.22. The molecule has 0 aromatic heterocycles. The Morgan fingerprint density at radius 3 is 2.41 bits per heavy atom. The molecule has 0 radical (unpaired) electrons. The molecule has 0 saturated heterocycles. The van der Waals surface area contributed by atoms with E-state index < -0.39 is 6.10 Å². The van der Waals surface area contributed by atoms with Gasteiger partial charge in [-0.3, -0.25) is 0 Å². The lowest BCUT2D eigenvalue weighted by Crippen LogP contribution is -2.04. The molecular formula is C14H12ClFO. The van der Waals surface area contributed by atoms with Gasteiger partial charge in [0.15, 0.2) is 0 Å². The lowest BCUT2D eigenvalue weighted by atomic mass is 10.0. The summed E-state index contributed by atoms with van der Waals surface area (Å²) in [5, 5.41) is 10.3. The van der Waals surface area contributed by atoms with Gasteiger partial charge in [-0.15, -0.1) is 0 Å². The van der Waals surface area contributed by atoms with Crippen LogP contribution in [0.2, 0.25) is 5.02 Å². The molecule has 1 atom stereocenters. The molecular weight excluding hydrogens is 239 g/mol. The molecule has 2 aromatic rings. The van der Waals surface area contributed by atoms with E-state index >= 15 is 0 Å². The van der Waals surface area contributed by atoms with Crippen molar-refractivity contribution in [3.8, 4) is 0 Å². The van der Waals surface area contributed by atoms with Gasteiger partial charge in [0.1, 0.15) is 5.82 Å². The first-order valence-electron chi connectivity index (χ1n) is 5.34. The van der Waals surface area contributed by atoms with Gasteiger partial charge in [-0.1, -0.05) is 48.0 Å². The topological polar surface area (TPSA) is 20.2 Å². The van der Waals surface area contributed by atoms with Gasteiger partial charge in [0.2, 0.25) is 0 Å². The van der Waals surface area contributed by atoms with Crippen LogP contribution in [0.4, 0.5) is 4.39 Å². The Kier molecular flexibility index (Phi) is 3.77. The Labute approximate surface area is 104 Å². The number of hydrogen-bond acceptors (Lipinski definition) is 1. The first-order chi connectivity index (χ1) is 8.18. The Bertz CT molecular complexity index is 479. The van der Waals surface area contributed by atoms with Crippen LogP contribution in [0.15, 0.2) is 48.5 Å². The summed E-state index contributed by atoms with van der Waals surface area (Å²) < 4.78 is 13.5. The molecule has 0 spiro atoms. The van der Waals surface area contributed by atoms with E-state index in [1.54, 1.807) is 24.3 Å². The molecule has 0 aliphatic heterocycles. The molecule has 88 valence electrons. The predicted molar refractivity (Wildman–Crippen MR) is 66.5 cm³/mol. The number of rotatable bonds is 3. The third kappa shape index (κ3) is 2.84. The van der Waals surface area contributed by atoms with E-state index in [9.17, 15) is 9.50 Å².